The van der Waals surface area contributed by atoms with Crippen LogP contribution in [0.4, 0.5) is 11.5 Å². The molecule has 0 atom stereocenters. The summed E-state index contributed by atoms with van der Waals surface area (Å²) in [6.45, 7) is 2.07. The summed E-state index contributed by atoms with van der Waals surface area (Å²) in [5.41, 5.74) is 3.79. The summed E-state index contributed by atoms with van der Waals surface area (Å²) in [4.78, 5) is 26.7. The van der Waals surface area contributed by atoms with Crippen molar-refractivity contribution in [3.8, 4) is 11.4 Å². The minimum absolute atomic E-state index is 0.0843. The minimum atomic E-state index is 0.0843. The zero-order valence-electron chi connectivity index (χ0n) is 15.8. The van der Waals surface area contributed by atoms with Crippen molar-refractivity contribution in [3.05, 3.63) is 66.1 Å². The maximum atomic E-state index is 11.8. The summed E-state index contributed by atoms with van der Waals surface area (Å²) >= 11 is 0. The van der Waals surface area contributed by atoms with Crippen molar-refractivity contribution in [2.24, 2.45) is 0 Å². The highest BCUT2D eigenvalue weighted by Crippen LogP contribution is 2.21. The first-order valence-corrected chi connectivity index (χ1v) is 8.89. The summed E-state index contributed by atoms with van der Waals surface area (Å²) in [5, 5.41) is 3.33. The molecule has 0 radical (unpaired) electrons. The Kier molecular flexibility index (Phi) is 5.76. The lowest BCUT2D eigenvalue weighted by Crippen LogP contribution is -2.23. The molecule has 3 aromatic rings. The predicted molar refractivity (Wildman–Crippen MR) is 107 cm³/mol. The van der Waals surface area contributed by atoms with Crippen LogP contribution in [-0.2, 0) is 17.6 Å². The normalized spacial score (nSPS) is 10.5. The molecule has 0 aliphatic rings. The first kappa shape index (κ1) is 18.5. The van der Waals surface area contributed by atoms with Gasteiger partial charge in [-0.2, -0.15) is 0 Å². The van der Waals surface area contributed by atoms with Crippen molar-refractivity contribution in [1.29, 1.82) is 0 Å². The number of hydrogen-bond acceptors (Lipinski definition) is 5. The van der Waals surface area contributed by atoms with E-state index < -0.39 is 0 Å². The lowest BCUT2D eigenvalue weighted by atomic mass is 10.1. The van der Waals surface area contributed by atoms with Crippen LogP contribution in [0.1, 0.15) is 18.2 Å². The molecule has 1 aromatic carbocycles. The Morgan fingerprint density at radius 2 is 1.74 bits per heavy atom. The second-order valence-electron chi connectivity index (χ2n) is 6.44. The van der Waals surface area contributed by atoms with Crippen molar-refractivity contribution < 1.29 is 4.79 Å². The molecule has 0 fully saturated rings. The highest BCUT2D eigenvalue weighted by molar-refractivity contribution is 5.78. The van der Waals surface area contributed by atoms with E-state index in [0.717, 1.165) is 34.7 Å². The zero-order chi connectivity index (χ0) is 19.2. The number of carbonyl (C=O) groups excluding carboxylic acids is 1. The second kappa shape index (κ2) is 8.40. The number of nitrogens with zero attached hydrogens (tertiary/aromatic N) is 4. The average molecular weight is 361 g/mol. The number of rotatable bonds is 6. The van der Waals surface area contributed by atoms with E-state index in [1.807, 2.05) is 42.5 Å². The SMILES string of the molecule is CCc1cc(Nc2ccc(CC(=O)N(C)C)cc2)nc(-c2ccncc2)n1. The topological polar surface area (TPSA) is 71.0 Å². The molecule has 0 saturated carbocycles. The number of nitrogens with one attached hydrogen (secondary N) is 1. The van der Waals surface area contributed by atoms with E-state index in [-0.39, 0.29) is 5.91 Å². The molecule has 0 aliphatic heterocycles. The highest BCUT2D eigenvalue weighted by Gasteiger charge is 2.08. The molecule has 27 heavy (non-hydrogen) atoms. The number of anilines is 2. The van der Waals surface area contributed by atoms with E-state index in [2.05, 4.69) is 27.2 Å². The van der Waals surface area contributed by atoms with E-state index in [1.165, 1.54) is 0 Å². The van der Waals surface area contributed by atoms with Gasteiger partial charge in [0.1, 0.15) is 5.82 Å². The summed E-state index contributed by atoms with van der Waals surface area (Å²) in [6, 6.07) is 13.6. The first-order valence-electron chi connectivity index (χ1n) is 8.89. The maximum absolute atomic E-state index is 11.8. The lowest BCUT2D eigenvalue weighted by molar-refractivity contribution is -0.127. The third-order valence-corrected chi connectivity index (χ3v) is 4.16. The van der Waals surface area contributed by atoms with E-state index in [1.54, 1.807) is 31.4 Å². The number of amides is 1. The van der Waals surface area contributed by atoms with Crippen molar-refractivity contribution in [2.75, 3.05) is 19.4 Å². The van der Waals surface area contributed by atoms with Crippen molar-refractivity contribution in [2.45, 2.75) is 19.8 Å². The number of pyridine rings is 1. The molecule has 3 rings (SSSR count). The van der Waals surface area contributed by atoms with E-state index >= 15 is 0 Å². The maximum Gasteiger partial charge on any atom is 0.226 e. The molecule has 6 heteroatoms. The fraction of sp³-hybridized carbons (Fsp3) is 0.238. The number of aromatic nitrogens is 3. The van der Waals surface area contributed by atoms with Gasteiger partial charge >= 0.3 is 0 Å². The van der Waals surface area contributed by atoms with Gasteiger partial charge < -0.3 is 10.2 Å². The molecule has 2 aromatic heterocycles. The Hall–Kier alpha value is -3.28. The molecule has 0 unspecified atom stereocenters. The second-order valence-corrected chi connectivity index (χ2v) is 6.44. The molecule has 0 spiro atoms. The number of likely N-dealkylation sites (N-methyl/N-ethyl adjacent to an activating group) is 1. The van der Waals surface area contributed by atoms with Gasteiger partial charge in [-0.05, 0) is 36.2 Å². The van der Waals surface area contributed by atoms with E-state index in [4.69, 9.17) is 0 Å². The fourth-order valence-corrected chi connectivity index (χ4v) is 2.56. The van der Waals surface area contributed by atoms with Crippen LogP contribution in [0, 0.1) is 0 Å². The van der Waals surface area contributed by atoms with Gasteiger partial charge in [0.25, 0.3) is 0 Å². The van der Waals surface area contributed by atoms with Crippen molar-refractivity contribution in [3.63, 3.8) is 0 Å². The summed E-state index contributed by atoms with van der Waals surface area (Å²) in [7, 11) is 3.53. The van der Waals surface area contributed by atoms with Crippen LogP contribution in [0.2, 0.25) is 0 Å². The monoisotopic (exact) mass is 361 g/mol. The van der Waals surface area contributed by atoms with Crippen LogP contribution in [-0.4, -0.2) is 39.9 Å². The molecular formula is C21H23N5O. The summed E-state index contributed by atoms with van der Waals surface area (Å²) in [5.74, 6) is 1.50. The number of aryl methyl sites for hydroxylation is 1. The lowest BCUT2D eigenvalue weighted by Gasteiger charge is -2.12. The van der Waals surface area contributed by atoms with Gasteiger partial charge in [0.05, 0.1) is 6.42 Å². The Morgan fingerprint density at radius 1 is 1.04 bits per heavy atom. The third-order valence-electron chi connectivity index (χ3n) is 4.16. The van der Waals surface area contributed by atoms with Crippen molar-refractivity contribution in [1.82, 2.24) is 19.9 Å². The molecule has 1 amide bonds. The molecule has 138 valence electrons. The van der Waals surface area contributed by atoms with E-state index in [0.29, 0.717) is 12.2 Å². The standard InChI is InChI=1S/C21H23N5O/c1-4-17-14-19(25-21(24-17)16-9-11-22-12-10-16)23-18-7-5-15(6-8-18)13-20(27)26(2)3/h5-12,14H,4,13H2,1-3H3,(H,23,24,25). The van der Waals surface area contributed by atoms with Crippen molar-refractivity contribution >= 4 is 17.4 Å². The Bertz CT molecular complexity index is 908. The van der Waals surface area contributed by atoms with Crippen LogP contribution >= 0.6 is 0 Å². The number of benzene rings is 1. The Labute approximate surface area is 159 Å². The number of carbonyl (C=O) groups is 1. The number of hydrogen-bond donors (Lipinski definition) is 1. The molecule has 0 bridgehead atoms. The van der Waals surface area contributed by atoms with Gasteiger partial charge in [0, 0.05) is 49.5 Å². The average Bonchev–Trinajstić information content (AvgIpc) is 2.69. The summed E-state index contributed by atoms with van der Waals surface area (Å²) < 4.78 is 0. The molecule has 2 heterocycles. The molecule has 1 N–H and O–H groups in total. The van der Waals surface area contributed by atoms with Crippen LogP contribution in [0.25, 0.3) is 11.4 Å². The van der Waals surface area contributed by atoms with Gasteiger partial charge in [0.15, 0.2) is 5.82 Å². The fourth-order valence-electron chi connectivity index (χ4n) is 2.56. The molecule has 6 nitrogen and oxygen atoms in total. The molecule has 0 saturated heterocycles. The van der Waals surface area contributed by atoms with Crippen LogP contribution in [0.5, 0.6) is 0 Å². The van der Waals surface area contributed by atoms with Crippen LogP contribution in [0.3, 0.4) is 0 Å². The largest absolute Gasteiger partial charge is 0.349 e. The van der Waals surface area contributed by atoms with Gasteiger partial charge in [-0.3, -0.25) is 9.78 Å². The molecule has 0 aliphatic carbocycles. The smallest absolute Gasteiger partial charge is 0.226 e. The molecular weight excluding hydrogens is 338 g/mol. The zero-order valence-corrected chi connectivity index (χ0v) is 15.8. The minimum Gasteiger partial charge on any atom is -0.349 e. The quantitative estimate of drug-likeness (QED) is 0.728. The highest BCUT2D eigenvalue weighted by atomic mass is 16.2. The van der Waals surface area contributed by atoms with E-state index in [9.17, 15) is 4.79 Å². The predicted octanol–water partition coefficient (Wildman–Crippen LogP) is 3.48. The van der Waals surface area contributed by atoms with Crippen LogP contribution in [0.15, 0.2) is 54.9 Å². The first-order chi connectivity index (χ1) is 13.0. The van der Waals surface area contributed by atoms with Gasteiger partial charge in [-0.25, -0.2) is 9.97 Å². The van der Waals surface area contributed by atoms with Crippen LogP contribution < -0.4 is 5.32 Å². The van der Waals surface area contributed by atoms with Gasteiger partial charge in [-0.15, -0.1) is 0 Å². The summed E-state index contributed by atoms with van der Waals surface area (Å²) in [6.07, 6.45) is 4.68. The third kappa shape index (κ3) is 4.88. The Balaban J connectivity index is 1.80. The van der Waals surface area contributed by atoms with Gasteiger partial charge in [-0.1, -0.05) is 19.1 Å². The van der Waals surface area contributed by atoms with Gasteiger partial charge in [0.2, 0.25) is 5.91 Å². The Morgan fingerprint density at radius 3 is 2.37 bits per heavy atom.